The average molecular weight is 185 g/mol. The molecule has 1 radical (unpaired) electrons. The van der Waals surface area contributed by atoms with Crippen LogP contribution in [0.5, 0.6) is 0 Å². The fourth-order valence-corrected chi connectivity index (χ4v) is 1.78. The van der Waals surface area contributed by atoms with Crippen LogP contribution in [0.4, 0.5) is 0 Å². The summed E-state index contributed by atoms with van der Waals surface area (Å²) in [5.74, 6) is 0.726. The lowest BCUT2D eigenvalue weighted by Crippen LogP contribution is -2.02. The van der Waals surface area contributed by atoms with Crippen molar-refractivity contribution >= 4 is 0 Å². The van der Waals surface area contributed by atoms with Crippen LogP contribution in [0.15, 0.2) is 0 Å². The Morgan fingerprint density at radius 1 is 0.846 bits per heavy atom. The second kappa shape index (κ2) is 10.0. The minimum Gasteiger partial charge on any atom is -0.237 e. The van der Waals surface area contributed by atoms with Crippen LogP contribution in [0.25, 0.3) is 0 Å². The molecule has 0 N–H and O–H groups in total. The van der Waals surface area contributed by atoms with Gasteiger partial charge in [-0.3, -0.25) is 0 Å². The number of rotatable bonds is 9. The van der Waals surface area contributed by atoms with E-state index in [0.717, 1.165) is 12.3 Å². The van der Waals surface area contributed by atoms with E-state index in [2.05, 4.69) is 13.8 Å². The summed E-state index contributed by atoms with van der Waals surface area (Å²) in [4.78, 5) is 0. The highest BCUT2D eigenvalue weighted by atomic mass is 16.3. The quantitative estimate of drug-likeness (QED) is 0.480. The second-order valence-corrected chi connectivity index (χ2v) is 4.00. The summed E-state index contributed by atoms with van der Waals surface area (Å²) in [6.45, 7) is 4.58. The van der Waals surface area contributed by atoms with Gasteiger partial charge >= 0.3 is 0 Å². The molecule has 0 saturated carbocycles. The summed E-state index contributed by atoms with van der Waals surface area (Å²) < 4.78 is 0. The Hall–Kier alpha value is -0.0400. The third-order valence-electron chi connectivity index (χ3n) is 2.71. The fourth-order valence-electron chi connectivity index (χ4n) is 1.78. The van der Waals surface area contributed by atoms with Crippen LogP contribution < -0.4 is 0 Å². The topological polar surface area (TPSA) is 19.9 Å². The summed E-state index contributed by atoms with van der Waals surface area (Å²) in [5, 5.41) is 10.5. The molecule has 1 heteroatoms. The number of hydrogen-bond donors (Lipinski definition) is 0. The van der Waals surface area contributed by atoms with Gasteiger partial charge in [0.15, 0.2) is 0 Å². The maximum Gasteiger partial charge on any atom is 0.0825 e. The molecule has 0 rings (SSSR count). The Morgan fingerprint density at radius 3 is 2.00 bits per heavy atom. The summed E-state index contributed by atoms with van der Waals surface area (Å²) in [6, 6.07) is 0. The van der Waals surface area contributed by atoms with Crippen LogP contribution >= 0.6 is 0 Å². The van der Waals surface area contributed by atoms with Gasteiger partial charge < -0.3 is 0 Å². The molecule has 0 aliphatic carbocycles. The lowest BCUT2D eigenvalue weighted by Gasteiger charge is -2.14. The highest BCUT2D eigenvalue weighted by Gasteiger charge is 2.06. The first kappa shape index (κ1) is 13.0. The van der Waals surface area contributed by atoms with Crippen molar-refractivity contribution in [3.8, 4) is 0 Å². The van der Waals surface area contributed by atoms with Crippen molar-refractivity contribution in [2.24, 2.45) is 5.92 Å². The highest BCUT2D eigenvalue weighted by molar-refractivity contribution is 4.59. The van der Waals surface area contributed by atoms with E-state index >= 15 is 0 Å². The lowest BCUT2D eigenvalue weighted by atomic mass is 9.93. The molecule has 1 nitrogen and oxygen atoms in total. The van der Waals surface area contributed by atoms with Crippen molar-refractivity contribution in [2.75, 3.05) is 6.61 Å². The molecule has 0 heterocycles. The SMILES string of the molecule is CCCCCC(CC[O])CCCC. The molecule has 0 aliphatic heterocycles. The molecule has 0 saturated heterocycles. The fraction of sp³-hybridized carbons (Fsp3) is 1.00. The first-order chi connectivity index (χ1) is 6.35. The van der Waals surface area contributed by atoms with Gasteiger partial charge in [0, 0.05) is 0 Å². The molecular weight excluding hydrogens is 160 g/mol. The van der Waals surface area contributed by atoms with Crippen molar-refractivity contribution in [2.45, 2.75) is 65.2 Å². The van der Waals surface area contributed by atoms with E-state index < -0.39 is 0 Å². The molecule has 0 aromatic rings. The van der Waals surface area contributed by atoms with E-state index in [-0.39, 0.29) is 6.61 Å². The molecule has 1 atom stereocenters. The Labute approximate surface area is 83.5 Å². The van der Waals surface area contributed by atoms with Crippen LogP contribution in [-0.4, -0.2) is 6.61 Å². The van der Waals surface area contributed by atoms with Crippen LogP contribution in [0, 0.1) is 5.92 Å². The maximum absolute atomic E-state index is 10.5. The van der Waals surface area contributed by atoms with E-state index in [4.69, 9.17) is 0 Å². The molecule has 79 valence electrons. The van der Waals surface area contributed by atoms with E-state index in [0.29, 0.717) is 0 Å². The zero-order chi connectivity index (χ0) is 9.94. The number of hydrogen-bond acceptors (Lipinski definition) is 0. The minimum atomic E-state index is 0.126. The van der Waals surface area contributed by atoms with Crippen molar-refractivity contribution in [3.05, 3.63) is 0 Å². The van der Waals surface area contributed by atoms with Gasteiger partial charge in [-0.05, 0) is 12.3 Å². The first-order valence-electron chi connectivity index (χ1n) is 5.93. The predicted molar refractivity (Wildman–Crippen MR) is 57.3 cm³/mol. The summed E-state index contributed by atoms with van der Waals surface area (Å²) in [6.07, 6.45) is 9.99. The monoisotopic (exact) mass is 185 g/mol. The van der Waals surface area contributed by atoms with E-state index in [1.165, 1.54) is 44.9 Å². The van der Waals surface area contributed by atoms with Crippen molar-refractivity contribution in [1.82, 2.24) is 0 Å². The maximum atomic E-state index is 10.5. The van der Waals surface area contributed by atoms with Crippen LogP contribution in [0.3, 0.4) is 0 Å². The lowest BCUT2D eigenvalue weighted by molar-refractivity contribution is 0.164. The van der Waals surface area contributed by atoms with Crippen molar-refractivity contribution < 1.29 is 5.11 Å². The normalized spacial score (nSPS) is 13.2. The first-order valence-corrected chi connectivity index (χ1v) is 5.93. The zero-order valence-electron chi connectivity index (χ0n) is 9.35. The summed E-state index contributed by atoms with van der Waals surface area (Å²) in [5.41, 5.74) is 0. The molecule has 0 aromatic heterocycles. The van der Waals surface area contributed by atoms with Crippen LogP contribution in [-0.2, 0) is 5.11 Å². The molecule has 13 heavy (non-hydrogen) atoms. The standard InChI is InChI=1S/C12H25O/c1-3-5-7-9-12(10-11-13)8-6-4-2/h12H,3-11H2,1-2H3. The molecule has 0 aromatic carbocycles. The van der Waals surface area contributed by atoms with Gasteiger partial charge in [-0.2, -0.15) is 0 Å². The number of unbranched alkanes of at least 4 members (excludes halogenated alkanes) is 3. The van der Waals surface area contributed by atoms with Crippen molar-refractivity contribution in [1.29, 1.82) is 0 Å². The zero-order valence-corrected chi connectivity index (χ0v) is 9.35. The molecule has 0 aliphatic rings. The largest absolute Gasteiger partial charge is 0.237 e. The van der Waals surface area contributed by atoms with Gasteiger partial charge in [0.2, 0.25) is 0 Å². The molecule has 0 fully saturated rings. The van der Waals surface area contributed by atoms with Crippen LogP contribution in [0.2, 0.25) is 0 Å². The van der Waals surface area contributed by atoms with Crippen LogP contribution in [0.1, 0.15) is 65.2 Å². The summed E-state index contributed by atoms with van der Waals surface area (Å²) >= 11 is 0. The van der Waals surface area contributed by atoms with Gasteiger partial charge in [-0.25, -0.2) is 5.11 Å². The average Bonchev–Trinajstić information content (AvgIpc) is 2.14. The molecule has 1 unspecified atom stereocenters. The van der Waals surface area contributed by atoms with Gasteiger partial charge in [0.1, 0.15) is 0 Å². The Balaban J connectivity index is 3.41. The van der Waals surface area contributed by atoms with E-state index in [9.17, 15) is 5.11 Å². The predicted octanol–water partition coefficient (Wildman–Crippen LogP) is 4.19. The second-order valence-electron chi connectivity index (χ2n) is 4.00. The smallest absolute Gasteiger partial charge is 0.0825 e. The van der Waals surface area contributed by atoms with E-state index in [1.54, 1.807) is 0 Å². The van der Waals surface area contributed by atoms with Gasteiger partial charge in [-0.1, -0.05) is 58.8 Å². The Bertz CT molecular complexity index is 91.1. The Kier molecular flexibility index (Phi) is 10.0. The van der Waals surface area contributed by atoms with Gasteiger partial charge in [-0.15, -0.1) is 0 Å². The van der Waals surface area contributed by atoms with Crippen molar-refractivity contribution in [3.63, 3.8) is 0 Å². The van der Waals surface area contributed by atoms with E-state index in [1.807, 2.05) is 0 Å². The molecule has 0 bridgehead atoms. The van der Waals surface area contributed by atoms with Gasteiger partial charge in [0.25, 0.3) is 0 Å². The Morgan fingerprint density at radius 2 is 1.46 bits per heavy atom. The third kappa shape index (κ3) is 8.29. The minimum absolute atomic E-state index is 0.126. The summed E-state index contributed by atoms with van der Waals surface area (Å²) in [7, 11) is 0. The third-order valence-corrected chi connectivity index (χ3v) is 2.71. The highest BCUT2D eigenvalue weighted by Crippen LogP contribution is 2.19. The molecular formula is C12H25O. The molecule has 0 amide bonds. The molecule has 0 spiro atoms. The van der Waals surface area contributed by atoms with Gasteiger partial charge in [0.05, 0.1) is 6.61 Å².